The minimum atomic E-state index is -1.04. The quantitative estimate of drug-likeness (QED) is 0.607. The van der Waals surface area contributed by atoms with Crippen molar-refractivity contribution in [1.29, 1.82) is 0 Å². The van der Waals surface area contributed by atoms with E-state index < -0.39 is 12.0 Å². The summed E-state index contributed by atoms with van der Waals surface area (Å²) < 4.78 is 11.8. The first kappa shape index (κ1) is 17.1. The Kier molecular flexibility index (Phi) is 4.83. The van der Waals surface area contributed by atoms with Gasteiger partial charge in [-0.25, -0.2) is 9.78 Å². The summed E-state index contributed by atoms with van der Waals surface area (Å²) in [5, 5.41) is 0.759. The van der Waals surface area contributed by atoms with Gasteiger partial charge in [-0.15, -0.1) is 0 Å². The fraction of sp³-hybridized carbons (Fsp3) is 0.444. The molecule has 3 heterocycles. The molecule has 0 radical (unpaired) electrons. The number of pyridine rings is 1. The smallest absolute Gasteiger partial charge is 0.337 e. The molecule has 3 rings (SSSR count). The van der Waals surface area contributed by atoms with Crippen LogP contribution in [0.25, 0.3) is 11.0 Å². The van der Waals surface area contributed by atoms with Crippen LogP contribution in [0, 0.1) is 0 Å². The normalized spacial score (nSPS) is 16.6. The highest BCUT2D eigenvalue weighted by Crippen LogP contribution is 2.34. The van der Waals surface area contributed by atoms with E-state index in [1.54, 1.807) is 30.7 Å². The van der Waals surface area contributed by atoms with E-state index in [4.69, 9.17) is 9.47 Å². The molecule has 132 valence electrons. The van der Waals surface area contributed by atoms with Crippen LogP contribution < -0.4 is 0 Å². The van der Waals surface area contributed by atoms with E-state index >= 15 is 0 Å². The van der Waals surface area contributed by atoms with E-state index in [9.17, 15) is 14.4 Å². The number of hydrogen-bond acceptors (Lipinski definition) is 6. The van der Waals surface area contributed by atoms with Crippen molar-refractivity contribution in [3.05, 3.63) is 29.6 Å². The molecular formula is C18H20N2O5. The molecule has 1 atom stereocenters. The molecule has 0 aromatic carbocycles. The summed E-state index contributed by atoms with van der Waals surface area (Å²) >= 11 is 0. The van der Waals surface area contributed by atoms with E-state index in [2.05, 4.69) is 4.98 Å². The van der Waals surface area contributed by atoms with Crippen molar-refractivity contribution in [2.75, 3.05) is 13.2 Å². The van der Waals surface area contributed by atoms with Gasteiger partial charge in [-0.05, 0) is 38.0 Å². The second-order valence-electron chi connectivity index (χ2n) is 5.77. The predicted octanol–water partition coefficient (Wildman–Crippen LogP) is 1.76. The van der Waals surface area contributed by atoms with Crippen molar-refractivity contribution in [1.82, 2.24) is 9.55 Å². The van der Waals surface area contributed by atoms with Crippen LogP contribution in [0.4, 0.5) is 0 Å². The molecule has 2 aromatic rings. The first-order chi connectivity index (χ1) is 12.1. The number of aromatic nitrogens is 2. The maximum Gasteiger partial charge on any atom is 0.337 e. The zero-order chi connectivity index (χ0) is 18.0. The predicted molar refractivity (Wildman–Crippen MR) is 89.1 cm³/mol. The average molecular weight is 344 g/mol. The molecule has 1 aliphatic heterocycles. The SMILES string of the molecule is CCOC(=O)Cc1c2n(c3ncccc13)C(C(=O)OCC)C(=O)CC2. The lowest BCUT2D eigenvalue weighted by Gasteiger charge is -2.24. The van der Waals surface area contributed by atoms with E-state index in [1.165, 1.54) is 0 Å². The van der Waals surface area contributed by atoms with Gasteiger partial charge in [0.1, 0.15) is 5.65 Å². The largest absolute Gasteiger partial charge is 0.466 e. The van der Waals surface area contributed by atoms with Crippen molar-refractivity contribution >= 4 is 28.8 Å². The molecule has 1 unspecified atom stereocenters. The van der Waals surface area contributed by atoms with Crippen LogP contribution in [0.5, 0.6) is 0 Å². The maximum atomic E-state index is 12.4. The third-order valence-electron chi connectivity index (χ3n) is 4.29. The molecule has 0 aliphatic carbocycles. The lowest BCUT2D eigenvalue weighted by atomic mass is 9.98. The Morgan fingerprint density at radius 3 is 2.72 bits per heavy atom. The number of esters is 2. The number of rotatable bonds is 5. The van der Waals surface area contributed by atoms with Crippen LogP contribution in [0.15, 0.2) is 18.3 Å². The van der Waals surface area contributed by atoms with E-state index in [-0.39, 0.29) is 31.2 Å². The molecule has 0 fully saturated rings. The van der Waals surface area contributed by atoms with E-state index in [0.717, 1.165) is 16.6 Å². The van der Waals surface area contributed by atoms with Crippen LogP contribution >= 0.6 is 0 Å². The Bertz CT molecular complexity index is 839. The minimum Gasteiger partial charge on any atom is -0.466 e. The van der Waals surface area contributed by atoms with Gasteiger partial charge in [0, 0.05) is 23.7 Å². The molecule has 2 aromatic heterocycles. The third kappa shape index (κ3) is 3.01. The van der Waals surface area contributed by atoms with Crippen molar-refractivity contribution < 1.29 is 23.9 Å². The van der Waals surface area contributed by atoms with Crippen molar-refractivity contribution in [3.8, 4) is 0 Å². The molecule has 25 heavy (non-hydrogen) atoms. The number of fused-ring (bicyclic) bond motifs is 3. The standard InChI is InChI=1S/C18H20N2O5/c1-3-24-15(22)10-12-11-6-5-9-19-17(11)20-13(12)7-8-14(21)16(20)18(23)25-4-2/h5-6,9,16H,3-4,7-8,10H2,1-2H3. The highest BCUT2D eigenvalue weighted by molar-refractivity contribution is 6.04. The Labute approximate surface area is 144 Å². The molecular weight excluding hydrogens is 324 g/mol. The molecule has 0 spiro atoms. The Balaban J connectivity index is 2.16. The minimum absolute atomic E-state index is 0.0854. The Morgan fingerprint density at radius 2 is 2.00 bits per heavy atom. The van der Waals surface area contributed by atoms with Gasteiger partial charge in [0.05, 0.1) is 19.6 Å². The van der Waals surface area contributed by atoms with Gasteiger partial charge in [0.25, 0.3) is 0 Å². The summed E-state index contributed by atoms with van der Waals surface area (Å²) in [6.45, 7) is 3.95. The van der Waals surface area contributed by atoms with E-state index in [1.807, 2.05) is 6.07 Å². The van der Waals surface area contributed by atoms with Gasteiger partial charge in [0.15, 0.2) is 11.8 Å². The lowest BCUT2D eigenvalue weighted by molar-refractivity contribution is -0.151. The summed E-state index contributed by atoms with van der Waals surface area (Å²) in [6, 6.07) is 2.57. The van der Waals surface area contributed by atoms with Gasteiger partial charge >= 0.3 is 11.9 Å². The number of ketones is 1. The van der Waals surface area contributed by atoms with Crippen molar-refractivity contribution in [2.45, 2.75) is 39.2 Å². The topological polar surface area (TPSA) is 87.5 Å². The zero-order valence-corrected chi connectivity index (χ0v) is 14.3. The molecule has 7 nitrogen and oxygen atoms in total. The number of hydrogen-bond donors (Lipinski definition) is 0. The van der Waals surface area contributed by atoms with Gasteiger partial charge in [-0.2, -0.15) is 0 Å². The molecule has 0 N–H and O–H groups in total. The van der Waals surface area contributed by atoms with Crippen LogP contribution in [-0.2, 0) is 36.7 Å². The summed E-state index contributed by atoms with van der Waals surface area (Å²) in [4.78, 5) is 41.1. The lowest BCUT2D eigenvalue weighted by Crippen LogP contribution is -2.34. The van der Waals surface area contributed by atoms with Gasteiger partial charge < -0.3 is 14.0 Å². The fourth-order valence-electron chi connectivity index (χ4n) is 3.34. The van der Waals surface area contributed by atoms with Gasteiger partial charge in [-0.1, -0.05) is 0 Å². The second-order valence-corrected chi connectivity index (χ2v) is 5.77. The number of nitrogens with zero attached hydrogens (tertiary/aromatic N) is 2. The first-order valence-corrected chi connectivity index (χ1v) is 8.40. The highest BCUT2D eigenvalue weighted by Gasteiger charge is 2.38. The van der Waals surface area contributed by atoms with E-state index in [0.29, 0.717) is 18.7 Å². The third-order valence-corrected chi connectivity index (χ3v) is 4.29. The van der Waals surface area contributed by atoms with Gasteiger partial charge in [-0.3, -0.25) is 9.59 Å². The average Bonchev–Trinajstić information content (AvgIpc) is 2.89. The van der Waals surface area contributed by atoms with Crippen LogP contribution in [0.2, 0.25) is 0 Å². The number of carbonyl (C=O) groups excluding carboxylic acids is 3. The van der Waals surface area contributed by atoms with Crippen LogP contribution in [-0.4, -0.2) is 40.5 Å². The fourth-order valence-corrected chi connectivity index (χ4v) is 3.34. The zero-order valence-electron chi connectivity index (χ0n) is 14.3. The monoisotopic (exact) mass is 344 g/mol. The number of carbonyl (C=O) groups is 3. The molecule has 0 amide bonds. The maximum absolute atomic E-state index is 12.4. The van der Waals surface area contributed by atoms with Gasteiger partial charge in [0.2, 0.25) is 0 Å². The van der Waals surface area contributed by atoms with Crippen LogP contribution in [0.3, 0.4) is 0 Å². The molecule has 1 aliphatic rings. The summed E-state index contributed by atoms with van der Waals surface area (Å²) in [5.74, 6) is -1.12. The molecule has 7 heteroatoms. The van der Waals surface area contributed by atoms with Crippen molar-refractivity contribution in [3.63, 3.8) is 0 Å². The first-order valence-electron chi connectivity index (χ1n) is 8.40. The molecule has 0 saturated heterocycles. The summed E-state index contributed by atoms with van der Waals surface area (Å²) in [7, 11) is 0. The van der Waals surface area contributed by atoms with Crippen molar-refractivity contribution in [2.24, 2.45) is 0 Å². The number of Topliss-reactive ketones (excluding diaryl/α,β-unsaturated/α-hetero) is 1. The second kappa shape index (κ2) is 7.04. The Morgan fingerprint density at radius 1 is 1.24 bits per heavy atom. The Hall–Kier alpha value is -2.70. The molecule has 0 bridgehead atoms. The number of ether oxygens (including phenoxy) is 2. The molecule has 0 saturated carbocycles. The summed E-state index contributed by atoms with van der Waals surface area (Å²) in [6.07, 6.45) is 2.38. The van der Waals surface area contributed by atoms with Crippen LogP contribution in [0.1, 0.15) is 37.6 Å². The highest BCUT2D eigenvalue weighted by atomic mass is 16.5. The summed E-state index contributed by atoms with van der Waals surface area (Å²) in [5.41, 5.74) is 2.06.